The van der Waals surface area contributed by atoms with E-state index in [0.717, 1.165) is 11.1 Å². The molecule has 0 bridgehead atoms. The molecule has 152 valence electrons. The Hall–Kier alpha value is -2.86. The summed E-state index contributed by atoms with van der Waals surface area (Å²) in [6.45, 7) is 6.93. The molecule has 29 heavy (non-hydrogen) atoms. The van der Waals surface area contributed by atoms with Crippen LogP contribution in [0.15, 0.2) is 42.5 Å². The van der Waals surface area contributed by atoms with Crippen LogP contribution < -0.4 is 10.1 Å². The molecule has 1 N–H and O–H groups in total. The number of morpholine rings is 1. The van der Waals surface area contributed by atoms with Crippen molar-refractivity contribution in [2.75, 3.05) is 26.3 Å². The predicted molar refractivity (Wildman–Crippen MR) is 109 cm³/mol. The molecule has 0 unspecified atom stereocenters. The van der Waals surface area contributed by atoms with Gasteiger partial charge in [0.15, 0.2) is 0 Å². The van der Waals surface area contributed by atoms with Gasteiger partial charge in [0.25, 0.3) is 11.8 Å². The van der Waals surface area contributed by atoms with E-state index >= 15 is 0 Å². The van der Waals surface area contributed by atoms with E-state index in [0.29, 0.717) is 49.7 Å². The Bertz CT molecular complexity index is 904. The van der Waals surface area contributed by atoms with Crippen molar-refractivity contribution < 1.29 is 19.1 Å². The van der Waals surface area contributed by atoms with Crippen LogP contribution in [0, 0.1) is 0 Å². The SMILES string of the molecule is C[C@@H]1c2cccc(C(=O)NCc3ccc(C(=O)N4CCOCC4)cc3)c2O[C@@H]1C. The number of carbonyl (C=O) groups is 2. The number of hydrogen-bond acceptors (Lipinski definition) is 4. The molecule has 0 aliphatic carbocycles. The summed E-state index contributed by atoms with van der Waals surface area (Å²) in [5.74, 6) is 0.825. The number of hydrogen-bond donors (Lipinski definition) is 1. The third kappa shape index (κ3) is 3.98. The number of nitrogens with one attached hydrogen (secondary N) is 1. The van der Waals surface area contributed by atoms with E-state index in [9.17, 15) is 9.59 Å². The highest BCUT2D eigenvalue weighted by molar-refractivity contribution is 5.97. The fourth-order valence-electron chi connectivity index (χ4n) is 3.76. The maximum absolute atomic E-state index is 12.7. The number of rotatable bonds is 4. The fourth-order valence-corrected chi connectivity index (χ4v) is 3.76. The van der Waals surface area contributed by atoms with Crippen molar-refractivity contribution in [3.63, 3.8) is 0 Å². The Morgan fingerprint density at radius 2 is 1.79 bits per heavy atom. The third-order valence-electron chi connectivity index (χ3n) is 5.74. The minimum atomic E-state index is -0.156. The molecular weight excluding hydrogens is 368 g/mol. The van der Waals surface area contributed by atoms with E-state index in [1.165, 1.54) is 0 Å². The molecule has 2 heterocycles. The lowest BCUT2D eigenvalue weighted by atomic mass is 9.97. The molecule has 2 amide bonds. The fraction of sp³-hybridized carbons (Fsp3) is 0.391. The topological polar surface area (TPSA) is 67.9 Å². The first-order chi connectivity index (χ1) is 14.0. The van der Waals surface area contributed by atoms with Crippen LogP contribution >= 0.6 is 0 Å². The quantitative estimate of drug-likeness (QED) is 0.866. The first-order valence-electron chi connectivity index (χ1n) is 10.1. The Labute approximate surface area is 170 Å². The monoisotopic (exact) mass is 394 g/mol. The number of benzene rings is 2. The van der Waals surface area contributed by atoms with E-state index in [-0.39, 0.29) is 23.8 Å². The average molecular weight is 394 g/mol. The van der Waals surface area contributed by atoms with Gasteiger partial charge in [-0.3, -0.25) is 9.59 Å². The first-order valence-corrected chi connectivity index (χ1v) is 10.1. The summed E-state index contributed by atoms with van der Waals surface area (Å²) >= 11 is 0. The largest absolute Gasteiger partial charge is 0.489 e. The van der Waals surface area contributed by atoms with Crippen LogP contribution in [0.5, 0.6) is 5.75 Å². The number of para-hydroxylation sites is 1. The molecule has 0 saturated carbocycles. The van der Waals surface area contributed by atoms with Crippen molar-refractivity contribution in [1.29, 1.82) is 0 Å². The molecule has 0 radical (unpaired) electrons. The zero-order chi connectivity index (χ0) is 20.4. The van der Waals surface area contributed by atoms with E-state index in [2.05, 4.69) is 12.2 Å². The van der Waals surface area contributed by atoms with Crippen LogP contribution in [0.4, 0.5) is 0 Å². The smallest absolute Gasteiger partial charge is 0.255 e. The van der Waals surface area contributed by atoms with Gasteiger partial charge in [-0.15, -0.1) is 0 Å². The van der Waals surface area contributed by atoms with Gasteiger partial charge in [0.05, 0.1) is 18.8 Å². The van der Waals surface area contributed by atoms with Gasteiger partial charge in [-0.05, 0) is 30.7 Å². The summed E-state index contributed by atoms with van der Waals surface area (Å²) in [6.07, 6.45) is 0.0653. The third-order valence-corrected chi connectivity index (χ3v) is 5.74. The highest BCUT2D eigenvalue weighted by Gasteiger charge is 2.31. The first kappa shape index (κ1) is 19.5. The minimum Gasteiger partial charge on any atom is -0.489 e. The van der Waals surface area contributed by atoms with Crippen LogP contribution in [0.1, 0.15) is 51.6 Å². The summed E-state index contributed by atoms with van der Waals surface area (Å²) in [6, 6.07) is 13.1. The van der Waals surface area contributed by atoms with Crippen molar-refractivity contribution in [1.82, 2.24) is 10.2 Å². The molecule has 1 fully saturated rings. The number of ether oxygens (including phenoxy) is 2. The highest BCUT2D eigenvalue weighted by atomic mass is 16.5. The van der Waals surface area contributed by atoms with Gasteiger partial charge < -0.3 is 19.7 Å². The lowest BCUT2D eigenvalue weighted by molar-refractivity contribution is 0.0303. The molecule has 0 spiro atoms. The van der Waals surface area contributed by atoms with Gasteiger partial charge in [0.1, 0.15) is 11.9 Å². The van der Waals surface area contributed by atoms with Crippen LogP contribution in [0.2, 0.25) is 0 Å². The number of nitrogens with zero attached hydrogens (tertiary/aromatic N) is 1. The van der Waals surface area contributed by atoms with E-state index in [1.54, 1.807) is 11.0 Å². The Morgan fingerprint density at radius 1 is 1.07 bits per heavy atom. The average Bonchev–Trinajstić information content (AvgIpc) is 3.06. The number of fused-ring (bicyclic) bond motifs is 1. The van der Waals surface area contributed by atoms with Crippen LogP contribution in [-0.4, -0.2) is 49.1 Å². The van der Waals surface area contributed by atoms with Crippen LogP contribution in [0.3, 0.4) is 0 Å². The molecule has 2 aliphatic rings. The van der Waals surface area contributed by atoms with E-state index < -0.39 is 0 Å². The lowest BCUT2D eigenvalue weighted by Gasteiger charge is -2.26. The Morgan fingerprint density at radius 3 is 2.52 bits per heavy atom. The summed E-state index contributed by atoms with van der Waals surface area (Å²) in [4.78, 5) is 27.0. The zero-order valence-corrected chi connectivity index (χ0v) is 16.8. The molecule has 2 aromatic rings. The summed E-state index contributed by atoms with van der Waals surface area (Å²) < 4.78 is 11.2. The van der Waals surface area contributed by atoms with Gasteiger partial charge >= 0.3 is 0 Å². The number of carbonyl (C=O) groups excluding carboxylic acids is 2. The van der Waals surface area contributed by atoms with Crippen LogP contribution in [-0.2, 0) is 11.3 Å². The molecule has 2 atom stereocenters. The lowest BCUT2D eigenvalue weighted by Crippen LogP contribution is -2.40. The summed E-state index contributed by atoms with van der Waals surface area (Å²) in [7, 11) is 0. The van der Waals surface area contributed by atoms with Crippen molar-refractivity contribution in [2.24, 2.45) is 0 Å². The highest BCUT2D eigenvalue weighted by Crippen LogP contribution is 2.40. The predicted octanol–water partition coefficient (Wildman–Crippen LogP) is 2.97. The Kier molecular flexibility index (Phi) is 5.53. The number of amides is 2. The Balaban J connectivity index is 1.39. The molecule has 4 rings (SSSR count). The maximum atomic E-state index is 12.7. The van der Waals surface area contributed by atoms with E-state index in [4.69, 9.17) is 9.47 Å². The molecule has 0 aromatic heterocycles. The second-order valence-corrected chi connectivity index (χ2v) is 7.62. The van der Waals surface area contributed by atoms with Gasteiger partial charge in [0.2, 0.25) is 0 Å². The normalized spacial score (nSPS) is 20.7. The van der Waals surface area contributed by atoms with Crippen molar-refractivity contribution >= 4 is 11.8 Å². The van der Waals surface area contributed by atoms with Crippen molar-refractivity contribution in [2.45, 2.75) is 32.4 Å². The minimum absolute atomic E-state index is 0.0177. The van der Waals surface area contributed by atoms with Gasteiger partial charge in [0, 0.05) is 36.7 Å². The molecule has 6 heteroatoms. The molecule has 2 aromatic carbocycles. The molecule has 6 nitrogen and oxygen atoms in total. The van der Waals surface area contributed by atoms with Gasteiger partial charge in [-0.25, -0.2) is 0 Å². The summed E-state index contributed by atoms with van der Waals surface area (Å²) in [5.41, 5.74) is 3.24. The zero-order valence-electron chi connectivity index (χ0n) is 16.8. The summed E-state index contributed by atoms with van der Waals surface area (Å²) in [5, 5.41) is 2.96. The second-order valence-electron chi connectivity index (χ2n) is 7.62. The second kappa shape index (κ2) is 8.25. The van der Waals surface area contributed by atoms with Gasteiger partial charge in [-0.2, -0.15) is 0 Å². The van der Waals surface area contributed by atoms with Gasteiger partial charge in [-0.1, -0.05) is 31.2 Å². The molecule has 1 saturated heterocycles. The standard InChI is InChI=1S/C23H26N2O4/c1-15-16(2)29-21-19(15)4-3-5-20(21)22(26)24-14-17-6-8-18(9-7-17)23(27)25-10-12-28-13-11-25/h3-9,15-16H,10-14H2,1-2H3,(H,24,26)/t15-,16+/m0/s1. The maximum Gasteiger partial charge on any atom is 0.255 e. The van der Waals surface area contributed by atoms with Crippen molar-refractivity contribution in [3.8, 4) is 5.75 Å². The molecule has 2 aliphatic heterocycles. The molecular formula is C23H26N2O4. The van der Waals surface area contributed by atoms with Crippen LogP contribution in [0.25, 0.3) is 0 Å². The van der Waals surface area contributed by atoms with E-state index in [1.807, 2.05) is 43.3 Å². The van der Waals surface area contributed by atoms with Crippen molar-refractivity contribution in [3.05, 3.63) is 64.7 Å².